The van der Waals surface area contributed by atoms with Gasteiger partial charge in [0.15, 0.2) is 0 Å². The first kappa shape index (κ1) is 28.4. The fraction of sp³-hybridized carbons (Fsp3) is 0.417. The third kappa shape index (κ3) is 7.83. The van der Waals surface area contributed by atoms with Crippen LogP contribution in [0.5, 0.6) is 5.75 Å². The number of hydrogen-bond donors (Lipinski definition) is 1. The van der Waals surface area contributed by atoms with E-state index in [2.05, 4.69) is 5.32 Å². The Kier molecular flexibility index (Phi) is 10.3. The van der Waals surface area contributed by atoms with Gasteiger partial charge in [0.05, 0.1) is 24.1 Å². The van der Waals surface area contributed by atoms with Crippen molar-refractivity contribution in [2.45, 2.75) is 39.3 Å². The summed E-state index contributed by atoms with van der Waals surface area (Å²) in [5.41, 5.74) is 0.352. The second kappa shape index (κ2) is 12.7. The molecule has 0 aliphatic rings. The van der Waals surface area contributed by atoms with E-state index in [1.807, 2.05) is 6.92 Å². The SMILES string of the molecule is CCCCNC(=O)[C@@H](C)N(Cc1ccccc1F)C(=O)CN(c1ccc(OC)c(Cl)c1)S(C)(=O)=O. The van der Waals surface area contributed by atoms with Crippen LogP contribution < -0.4 is 14.4 Å². The van der Waals surface area contributed by atoms with Crippen LogP contribution in [0.3, 0.4) is 0 Å². The zero-order chi connectivity index (χ0) is 26.2. The van der Waals surface area contributed by atoms with Gasteiger partial charge in [0, 0.05) is 18.7 Å². The van der Waals surface area contributed by atoms with Gasteiger partial charge in [0.25, 0.3) is 0 Å². The van der Waals surface area contributed by atoms with Crippen molar-refractivity contribution in [3.8, 4) is 5.75 Å². The van der Waals surface area contributed by atoms with Crippen molar-refractivity contribution in [3.63, 3.8) is 0 Å². The third-order valence-electron chi connectivity index (χ3n) is 5.40. The highest BCUT2D eigenvalue weighted by Crippen LogP contribution is 2.30. The molecule has 0 aliphatic heterocycles. The van der Waals surface area contributed by atoms with E-state index in [4.69, 9.17) is 16.3 Å². The van der Waals surface area contributed by atoms with E-state index in [0.29, 0.717) is 12.3 Å². The van der Waals surface area contributed by atoms with Gasteiger partial charge in [-0.1, -0.05) is 43.1 Å². The second-order valence-electron chi connectivity index (χ2n) is 8.02. The minimum atomic E-state index is -3.92. The maximum atomic E-state index is 14.4. The van der Waals surface area contributed by atoms with Crippen LogP contribution in [-0.4, -0.2) is 57.6 Å². The van der Waals surface area contributed by atoms with Crippen LogP contribution in [0.1, 0.15) is 32.3 Å². The number of hydrogen-bond acceptors (Lipinski definition) is 5. The number of rotatable bonds is 12. The number of methoxy groups -OCH3 is 1. The van der Waals surface area contributed by atoms with Gasteiger partial charge in [-0.05, 0) is 37.6 Å². The average molecular weight is 528 g/mol. The molecule has 2 rings (SSSR count). The topological polar surface area (TPSA) is 96.0 Å². The number of anilines is 1. The van der Waals surface area contributed by atoms with Gasteiger partial charge in [-0.3, -0.25) is 13.9 Å². The van der Waals surface area contributed by atoms with Crippen molar-refractivity contribution >= 4 is 39.1 Å². The molecule has 0 aliphatic carbocycles. The summed E-state index contributed by atoms with van der Waals surface area (Å²) in [4.78, 5) is 27.3. The predicted molar refractivity (Wildman–Crippen MR) is 135 cm³/mol. The number of amides is 2. The molecule has 0 saturated carbocycles. The Bertz CT molecular complexity index is 1150. The number of benzene rings is 2. The minimum Gasteiger partial charge on any atom is -0.495 e. The van der Waals surface area contributed by atoms with Gasteiger partial charge in [-0.25, -0.2) is 12.8 Å². The summed E-state index contributed by atoms with van der Waals surface area (Å²) in [6, 6.07) is 9.25. The molecule has 1 atom stereocenters. The van der Waals surface area contributed by atoms with E-state index in [1.165, 1.54) is 55.3 Å². The number of sulfonamides is 1. The first-order valence-electron chi connectivity index (χ1n) is 11.1. The number of ether oxygens (including phenoxy) is 1. The molecule has 192 valence electrons. The van der Waals surface area contributed by atoms with Gasteiger partial charge in [-0.2, -0.15) is 0 Å². The van der Waals surface area contributed by atoms with Gasteiger partial charge in [0.2, 0.25) is 21.8 Å². The number of nitrogens with zero attached hydrogens (tertiary/aromatic N) is 2. The van der Waals surface area contributed by atoms with Crippen LogP contribution in [0.15, 0.2) is 42.5 Å². The Hall–Kier alpha value is -2.85. The molecule has 8 nitrogen and oxygen atoms in total. The van der Waals surface area contributed by atoms with Crippen molar-refractivity contribution in [1.29, 1.82) is 0 Å². The summed E-state index contributed by atoms with van der Waals surface area (Å²) in [6.07, 6.45) is 2.60. The molecular weight excluding hydrogens is 497 g/mol. The van der Waals surface area contributed by atoms with Crippen molar-refractivity contribution < 1.29 is 27.1 Å². The van der Waals surface area contributed by atoms with E-state index in [1.54, 1.807) is 6.07 Å². The molecule has 2 aromatic rings. The molecule has 0 bridgehead atoms. The standard InChI is InChI=1S/C24H31ClFN3O5S/c1-5-6-13-27-24(31)17(2)28(15-18-9-7-8-10-21(18)26)23(30)16-29(35(4,32)33)19-11-12-22(34-3)20(25)14-19/h7-12,14,17H,5-6,13,15-16H2,1-4H3,(H,27,31)/t17-/m1/s1. The maximum Gasteiger partial charge on any atom is 0.244 e. The summed E-state index contributed by atoms with van der Waals surface area (Å²) in [5, 5.41) is 2.93. The van der Waals surface area contributed by atoms with Crippen LogP contribution in [0.4, 0.5) is 10.1 Å². The molecule has 0 saturated heterocycles. The third-order valence-corrected chi connectivity index (χ3v) is 6.83. The lowest BCUT2D eigenvalue weighted by atomic mass is 10.1. The molecule has 11 heteroatoms. The molecular formula is C24H31ClFN3O5S. The monoisotopic (exact) mass is 527 g/mol. The van der Waals surface area contributed by atoms with E-state index in [0.717, 1.165) is 23.4 Å². The van der Waals surface area contributed by atoms with E-state index in [9.17, 15) is 22.4 Å². The Morgan fingerprint density at radius 3 is 2.46 bits per heavy atom. The number of carbonyl (C=O) groups excluding carboxylic acids is 2. The number of halogens is 2. The fourth-order valence-corrected chi connectivity index (χ4v) is 4.45. The minimum absolute atomic E-state index is 0.151. The van der Waals surface area contributed by atoms with E-state index < -0.39 is 40.2 Å². The lowest BCUT2D eigenvalue weighted by molar-refractivity contribution is -0.139. The Morgan fingerprint density at radius 1 is 1.20 bits per heavy atom. The van der Waals surface area contributed by atoms with Gasteiger partial charge >= 0.3 is 0 Å². The molecule has 0 heterocycles. The van der Waals surface area contributed by atoms with Gasteiger partial charge in [0.1, 0.15) is 24.2 Å². The molecule has 0 fully saturated rings. The molecule has 0 unspecified atom stereocenters. The van der Waals surface area contributed by atoms with Crippen molar-refractivity contribution in [2.75, 3.05) is 30.8 Å². The predicted octanol–water partition coefficient (Wildman–Crippen LogP) is 3.59. The molecule has 0 radical (unpaired) electrons. The summed E-state index contributed by atoms with van der Waals surface area (Å²) < 4.78 is 45.6. The van der Waals surface area contributed by atoms with Crippen molar-refractivity contribution in [3.05, 3.63) is 58.9 Å². The summed E-state index contributed by atoms with van der Waals surface area (Å²) in [7, 11) is -2.49. The van der Waals surface area contributed by atoms with Gasteiger partial charge in [-0.15, -0.1) is 0 Å². The maximum absolute atomic E-state index is 14.4. The Morgan fingerprint density at radius 2 is 1.89 bits per heavy atom. The largest absolute Gasteiger partial charge is 0.495 e. The average Bonchev–Trinajstić information content (AvgIpc) is 2.80. The quantitative estimate of drug-likeness (QED) is 0.426. The zero-order valence-electron chi connectivity index (χ0n) is 20.3. The molecule has 1 N–H and O–H groups in total. The van der Waals surface area contributed by atoms with Gasteiger partial charge < -0.3 is 15.0 Å². The van der Waals surface area contributed by atoms with Crippen molar-refractivity contribution in [1.82, 2.24) is 10.2 Å². The first-order chi connectivity index (χ1) is 16.5. The summed E-state index contributed by atoms with van der Waals surface area (Å²) >= 11 is 6.16. The number of unbranched alkanes of at least 4 members (excludes halogenated alkanes) is 1. The van der Waals surface area contributed by atoms with Crippen LogP contribution in [0.2, 0.25) is 5.02 Å². The lowest BCUT2D eigenvalue weighted by Crippen LogP contribution is -2.51. The molecule has 2 amide bonds. The molecule has 35 heavy (non-hydrogen) atoms. The lowest BCUT2D eigenvalue weighted by Gasteiger charge is -2.31. The molecule has 2 aromatic carbocycles. The number of nitrogens with one attached hydrogen (secondary N) is 1. The smallest absolute Gasteiger partial charge is 0.244 e. The first-order valence-corrected chi connectivity index (χ1v) is 13.3. The summed E-state index contributed by atoms with van der Waals surface area (Å²) in [5.74, 6) is -1.29. The fourth-order valence-electron chi connectivity index (χ4n) is 3.35. The highest BCUT2D eigenvalue weighted by Gasteiger charge is 2.30. The normalized spacial score (nSPS) is 12.1. The highest BCUT2D eigenvalue weighted by molar-refractivity contribution is 7.92. The Labute approximate surface area is 211 Å². The highest BCUT2D eigenvalue weighted by atomic mass is 35.5. The Balaban J connectivity index is 2.39. The zero-order valence-corrected chi connectivity index (χ0v) is 21.8. The molecule has 0 spiro atoms. The van der Waals surface area contributed by atoms with E-state index in [-0.39, 0.29) is 22.8 Å². The summed E-state index contributed by atoms with van der Waals surface area (Å²) in [6.45, 7) is 3.11. The van der Waals surface area contributed by atoms with Crippen molar-refractivity contribution in [2.24, 2.45) is 0 Å². The van der Waals surface area contributed by atoms with Crippen LogP contribution in [0.25, 0.3) is 0 Å². The van der Waals surface area contributed by atoms with E-state index >= 15 is 0 Å². The van der Waals surface area contributed by atoms with Crippen LogP contribution >= 0.6 is 11.6 Å². The molecule has 0 aromatic heterocycles. The number of carbonyl (C=O) groups is 2. The van der Waals surface area contributed by atoms with Crippen LogP contribution in [-0.2, 0) is 26.2 Å². The van der Waals surface area contributed by atoms with Crippen LogP contribution in [0, 0.1) is 5.82 Å². The second-order valence-corrected chi connectivity index (χ2v) is 10.3.